The van der Waals surface area contributed by atoms with Gasteiger partial charge in [-0.1, -0.05) is 11.8 Å². The molecule has 9 heavy (non-hydrogen) atoms. The minimum atomic E-state index is 0. The van der Waals surface area contributed by atoms with E-state index in [4.69, 9.17) is 0 Å². The van der Waals surface area contributed by atoms with Crippen LogP contribution in [0.2, 0.25) is 0 Å². The topological polar surface area (TPSA) is 38.7 Å². The molecule has 5 heteroatoms. The SMILES string of the molecule is CSc1nc[c-]nn1.[W]. The summed E-state index contributed by atoms with van der Waals surface area (Å²) in [5.41, 5.74) is 0. The Kier molecular flexibility index (Phi) is 4.91. The molecule has 1 rings (SSSR count). The van der Waals surface area contributed by atoms with Gasteiger partial charge in [0.25, 0.3) is 0 Å². The first kappa shape index (κ1) is 9.05. The Bertz CT molecular complexity index is 157. The van der Waals surface area contributed by atoms with Crippen LogP contribution >= 0.6 is 11.8 Å². The van der Waals surface area contributed by atoms with Gasteiger partial charge in [0.2, 0.25) is 5.16 Å². The van der Waals surface area contributed by atoms with Crippen molar-refractivity contribution < 1.29 is 21.1 Å². The number of nitrogens with zero attached hydrogens (tertiary/aromatic N) is 3. The average Bonchev–Trinajstić information content (AvgIpc) is 1.90. The summed E-state index contributed by atoms with van der Waals surface area (Å²) in [6.07, 6.45) is 5.88. The van der Waals surface area contributed by atoms with Crippen LogP contribution in [-0.4, -0.2) is 21.4 Å². The second kappa shape index (κ2) is 4.88. The van der Waals surface area contributed by atoms with Crippen molar-refractivity contribution in [3.63, 3.8) is 0 Å². The first-order valence-electron chi connectivity index (χ1n) is 2.03. The van der Waals surface area contributed by atoms with Crippen molar-refractivity contribution in [2.24, 2.45) is 0 Å². The molecule has 1 aromatic rings. The maximum atomic E-state index is 3.83. The van der Waals surface area contributed by atoms with Gasteiger partial charge in [-0.15, -0.1) is 6.20 Å². The molecule has 0 saturated carbocycles. The van der Waals surface area contributed by atoms with Crippen molar-refractivity contribution in [1.82, 2.24) is 15.2 Å². The standard InChI is InChI=1S/C4H4N3S.W/c1-8-4-5-2-3-6-7-4;/h2H,1H3;/q-1;. The maximum Gasteiger partial charge on any atom is 0.202 e. The van der Waals surface area contributed by atoms with E-state index >= 15 is 0 Å². The summed E-state index contributed by atoms with van der Waals surface area (Å²) >= 11 is 1.46. The Labute approximate surface area is 71.9 Å². The average molecular weight is 310 g/mol. The molecule has 0 amide bonds. The van der Waals surface area contributed by atoms with E-state index in [0.29, 0.717) is 5.16 Å². The number of thioether (sulfide) groups is 1. The number of hydrogen-bond donors (Lipinski definition) is 0. The molecule has 0 aliphatic rings. The van der Waals surface area contributed by atoms with Crippen LogP contribution in [0, 0.1) is 6.20 Å². The number of aromatic nitrogens is 3. The van der Waals surface area contributed by atoms with Crippen LogP contribution in [0.15, 0.2) is 11.4 Å². The van der Waals surface area contributed by atoms with E-state index < -0.39 is 0 Å². The first-order valence-corrected chi connectivity index (χ1v) is 3.25. The molecular formula is C4H4N3SW-. The fourth-order valence-electron chi connectivity index (χ4n) is 0.301. The second-order valence-corrected chi connectivity index (χ2v) is 1.85. The summed E-state index contributed by atoms with van der Waals surface area (Å²) in [7, 11) is 0. The number of rotatable bonds is 1. The molecule has 0 atom stereocenters. The van der Waals surface area contributed by atoms with Crippen LogP contribution in [0.5, 0.6) is 0 Å². The monoisotopic (exact) mass is 310 g/mol. The first-order chi connectivity index (χ1) is 3.93. The largest absolute Gasteiger partial charge is 0.367 e. The van der Waals surface area contributed by atoms with Crippen molar-refractivity contribution in [1.29, 1.82) is 0 Å². The second-order valence-electron chi connectivity index (χ2n) is 1.07. The Morgan fingerprint density at radius 2 is 2.44 bits per heavy atom. The third-order valence-corrected chi connectivity index (χ3v) is 1.16. The van der Waals surface area contributed by atoms with Gasteiger partial charge in [0.05, 0.1) is 0 Å². The van der Waals surface area contributed by atoms with E-state index in [9.17, 15) is 0 Å². The smallest absolute Gasteiger partial charge is 0.202 e. The van der Waals surface area contributed by atoms with Gasteiger partial charge in [-0.2, -0.15) is 5.10 Å². The van der Waals surface area contributed by atoms with Gasteiger partial charge in [0.15, 0.2) is 0 Å². The van der Waals surface area contributed by atoms with E-state index in [2.05, 4.69) is 21.4 Å². The van der Waals surface area contributed by atoms with E-state index in [-0.39, 0.29) is 21.1 Å². The van der Waals surface area contributed by atoms with Crippen molar-refractivity contribution in [2.45, 2.75) is 5.16 Å². The third kappa shape index (κ3) is 2.92. The Hall–Kier alpha value is 0.0483. The molecule has 0 bridgehead atoms. The van der Waals surface area contributed by atoms with Gasteiger partial charge < -0.3 is 11.3 Å². The Morgan fingerprint density at radius 1 is 1.67 bits per heavy atom. The Morgan fingerprint density at radius 3 is 2.78 bits per heavy atom. The van der Waals surface area contributed by atoms with Crippen LogP contribution in [-0.2, 0) is 21.1 Å². The van der Waals surface area contributed by atoms with Crippen LogP contribution in [0.25, 0.3) is 0 Å². The van der Waals surface area contributed by atoms with Gasteiger partial charge in [-0.3, -0.25) is 4.98 Å². The predicted octanol–water partition coefficient (Wildman–Crippen LogP) is 0.391. The molecule has 0 radical (unpaired) electrons. The summed E-state index contributed by atoms with van der Waals surface area (Å²) in [6, 6.07) is 0. The van der Waals surface area contributed by atoms with Crippen molar-refractivity contribution in [3.05, 3.63) is 12.4 Å². The molecule has 0 aliphatic heterocycles. The van der Waals surface area contributed by atoms with Crippen molar-refractivity contribution in [2.75, 3.05) is 6.26 Å². The van der Waals surface area contributed by atoms with Crippen molar-refractivity contribution >= 4 is 11.8 Å². The van der Waals surface area contributed by atoms with Crippen LogP contribution in [0.3, 0.4) is 0 Å². The van der Waals surface area contributed by atoms with Crippen LogP contribution in [0.1, 0.15) is 0 Å². The zero-order valence-corrected chi connectivity index (χ0v) is 8.49. The van der Waals surface area contributed by atoms with Crippen LogP contribution in [0.4, 0.5) is 0 Å². The van der Waals surface area contributed by atoms with E-state index in [1.165, 1.54) is 18.0 Å². The zero-order chi connectivity index (χ0) is 5.82. The Balaban J connectivity index is 0.000000640. The van der Waals surface area contributed by atoms with Crippen molar-refractivity contribution in [3.8, 4) is 0 Å². The molecule has 48 valence electrons. The minimum absolute atomic E-state index is 0. The van der Waals surface area contributed by atoms with Gasteiger partial charge in [-0.25, -0.2) is 0 Å². The molecule has 0 fully saturated rings. The number of hydrogen-bond acceptors (Lipinski definition) is 4. The molecular weight excluding hydrogens is 306 g/mol. The molecule has 0 spiro atoms. The van der Waals surface area contributed by atoms with Gasteiger partial charge in [-0.05, 0) is 6.26 Å². The molecule has 0 unspecified atom stereocenters. The quantitative estimate of drug-likeness (QED) is 0.556. The molecule has 0 aliphatic carbocycles. The minimum Gasteiger partial charge on any atom is -0.367 e. The molecule has 0 saturated heterocycles. The van der Waals surface area contributed by atoms with E-state index in [1.807, 2.05) is 6.26 Å². The normalized spacial score (nSPS) is 8.11. The fraction of sp³-hybridized carbons (Fsp3) is 0.250. The maximum absolute atomic E-state index is 3.83. The molecule has 0 N–H and O–H groups in total. The summed E-state index contributed by atoms with van der Waals surface area (Å²) < 4.78 is 0. The zero-order valence-electron chi connectivity index (χ0n) is 4.74. The van der Waals surface area contributed by atoms with Gasteiger partial charge in [0, 0.05) is 21.1 Å². The summed E-state index contributed by atoms with van der Waals surface area (Å²) in [4.78, 5) is 3.83. The van der Waals surface area contributed by atoms with Gasteiger partial charge >= 0.3 is 0 Å². The van der Waals surface area contributed by atoms with E-state index in [1.54, 1.807) is 0 Å². The molecule has 3 nitrogen and oxygen atoms in total. The van der Waals surface area contributed by atoms with Gasteiger partial charge in [0.1, 0.15) is 0 Å². The predicted molar refractivity (Wildman–Crippen MR) is 30.4 cm³/mol. The van der Waals surface area contributed by atoms with E-state index in [0.717, 1.165) is 0 Å². The fourth-order valence-corrected chi connectivity index (χ4v) is 0.581. The third-order valence-electron chi connectivity index (χ3n) is 0.609. The molecule has 0 aromatic carbocycles. The summed E-state index contributed by atoms with van der Waals surface area (Å²) in [5, 5.41) is 7.82. The van der Waals surface area contributed by atoms with Crippen LogP contribution < -0.4 is 0 Å². The summed E-state index contributed by atoms with van der Waals surface area (Å²) in [6.45, 7) is 0. The molecule has 1 aromatic heterocycles. The molecule has 1 heterocycles. The summed E-state index contributed by atoms with van der Waals surface area (Å²) in [5.74, 6) is 0.